The maximum Gasteiger partial charge on any atom is 0.297 e. The molecule has 0 fully saturated rings. The number of imidazole rings is 1. The first kappa shape index (κ1) is 28.9. The zero-order valence-electron chi connectivity index (χ0n) is 22.7. The first-order chi connectivity index (χ1) is 18.4. The summed E-state index contributed by atoms with van der Waals surface area (Å²) in [4.78, 5) is 12.3. The SMILES string of the molecule is Cc1ccc(S(=O)(=O)OC[C@H](CC(C)C)N(C)S(=O)(=O)c2ccc(Cc3nccc4[nH]c(C)nc34)cc2)cc1. The summed E-state index contributed by atoms with van der Waals surface area (Å²) in [5.41, 5.74) is 4.31. The lowest BCUT2D eigenvalue weighted by atomic mass is 10.1. The van der Waals surface area contributed by atoms with Gasteiger partial charge in [-0.25, -0.2) is 13.4 Å². The van der Waals surface area contributed by atoms with Gasteiger partial charge in [0.25, 0.3) is 10.1 Å². The van der Waals surface area contributed by atoms with E-state index in [4.69, 9.17) is 4.18 Å². The minimum Gasteiger partial charge on any atom is -0.342 e. The number of hydrogen-bond donors (Lipinski definition) is 1. The molecule has 2 heterocycles. The smallest absolute Gasteiger partial charge is 0.297 e. The molecule has 0 saturated heterocycles. The average molecular weight is 571 g/mol. The summed E-state index contributed by atoms with van der Waals surface area (Å²) in [6, 6.07) is 14.2. The number of hydrogen-bond acceptors (Lipinski definition) is 7. The van der Waals surface area contributed by atoms with E-state index in [1.165, 1.54) is 23.5 Å². The van der Waals surface area contributed by atoms with Crippen molar-refractivity contribution >= 4 is 31.2 Å². The van der Waals surface area contributed by atoms with E-state index in [1.54, 1.807) is 42.6 Å². The van der Waals surface area contributed by atoms with Gasteiger partial charge in [-0.2, -0.15) is 12.7 Å². The summed E-state index contributed by atoms with van der Waals surface area (Å²) in [5.74, 6) is 0.914. The highest BCUT2D eigenvalue weighted by Crippen LogP contribution is 2.24. The van der Waals surface area contributed by atoms with Gasteiger partial charge in [0.2, 0.25) is 10.0 Å². The third-order valence-corrected chi connectivity index (χ3v) is 9.77. The summed E-state index contributed by atoms with van der Waals surface area (Å²) in [7, 11) is -6.49. The van der Waals surface area contributed by atoms with E-state index in [1.807, 2.05) is 33.8 Å². The van der Waals surface area contributed by atoms with E-state index in [2.05, 4.69) is 15.0 Å². The van der Waals surface area contributed by atoms with E-state index in [9.17, 15) is 16.8 Å². The molecule has 4 rings (SSSR count). The van der Waals surface area contributed by atoms with Crippen molar-refractivity contribution in [1.29, 1.82) is 0 Å². The number of aromatic amines is 1. The van der Waals surface area contributed by atoms with Crippen molar-refractivity contribution in [3.8, 4) is 0 Å². The van der Waals surface area contributed by atoms with Gasteiger partial charge in [0.15, 0.2) is 0 Å². The minimum atomic E-state index is -4.04. The van der Waals surface area contributed by atoms with Crippen LogP contribution >= 0.6 is 0 Å². The monoisotopic (exact) mass is 570 g/mol. The predicted octanol–water partition coefficient (Wildman–Crippen LogP) is 4.61. The highest BCUT2D eigenvalue weighted by molar-refractivity contribution is 7.89. The van der Waals surface area contributed by atoms with Crippen LogP contribution in [-0.2, 0) is 30.7 Å². The van der Waals surface area contributed by atoms with Crippen LogP contribution in [0.4, 0.5) is 0 Å². The third kappa shape index (κ3) is 6.73. The van der Waals surface area contributed by atoms with E-state index >= 15 is 0 Å². The molecule has 11 heteroatoms. The minimum absolute atomic E-state index is 0.0349. The zero-order valence-corrected chi connectivity index (χ0v) is 24.4. The number of sulfonamides is 1. The van der Waals surface area contributed by atoms with Crippen LogP contribution in [-0.4, -0.2) is 55.8 Å². The largest absolute Gasteiger partial charge is 0.342 e. The van der Waals surface area contributed by atoms with Crippen molar-refractivity contribution in [2.45, 2.75) is 56.4 Å². The van der Waals surface area contributed by atoms with E-state index in [0.29, 0.717) is 12.8 Å². The van der Waals surface area contributed by atoms with Gasteiger partial charge in [-0.05, 0) is 62.1 Å². The van der Waals surface area contributed by atoms with Crippen LogP contribution in [0.15, 0.2) is 70.6 Å². The number of rotatable bonds is 11. The average Bonchev–Trinajstić information content (AvgIpc) is 3.28. The van der Waals surface area contributed by atoms with Crippen molar-refractivity contribution in [2.75, 3.05) is 13.7 Å². The summed E-state index contributed by atoms with van der Waals surface area (Å²) < 4.78 is 59.1. The second kappa shape index (κ2) is 11.5. The standard InChI is InChI=1S/C28H34N4O5S2/c1-19(2)16-23(18-37-39(35,36)25-10-6-20(3)7-11-25)32(5)38(33,34)24-12-8-22(9-13-24)17-27-28-26(14-15-29-27)30-21(4)31-28/h6-15,19,23H,16-18H2,1-5H3,(H,30,31)/t23-/m0/s1. The Bertz CT molecular complexity index is 1650. The molecule has 2 aromatic carbocycles. The summed E-state index contributed by atoms with van der Waals surface area (Å²) in [6.07, 6.45) is 2.65. The second-order valence-electron chi connectivity index (χ2n) is 10.2. The number of fused-ring (bicyclic) bond motifs is 1. The van der Waals surface area contributed by atoms with Gasteiger partial charge in [-0.3, -0.25) is 9.17 Å². The Morgan fingerprint density at radius 2 is 1.56 bits per heavy atom. The molecule has 4 aromatic rings. The fraction of sp³-hybridized carbons (Fsp3) is 0.357. The Morgan fingerprint density at radius 3 is 2.21 bits per heavy atom. The van der Waals surface area contributed by atoms with Crippen LogP contribution in [0.5, 0.6) is 0 Å². The number of pyridine rings is 1. The van der Waals surface area contributed by atoms with Gasteiger partial charge in [0.05, 0.1) is 27.6 Å². The molecular weight excluding hydrogens is 536 g/mol. The lowest BCUT2D eigenvalue weighted by Crippen LogP contribution is -2.41. The molecule has 0 unspecified atom stereocenters. The Kier molecular flexibility index (Phi) is 8.55. The predicted molar refractivity (Wildman–Crippen MR) is 150 cm³/mol. The molecule has 0 aliphatic heterocycles. The first-order valence-electron chi connectivity index (χ1n) is 12.7. The van der Waals surface area contributed by atoms with Crippen LogP contribution in [0.1, 0.15) is 42.9 Å². The molecule has 1 N–H and O–H groups in total. The van der Waals surface area contributed by atoms with Crippen LogP contribution in [0, 0.1) is 19.8 Å². The topological polar surface area (TPSA) is 122 Å². The summed E-state index contributed by atoms with van der Waals surface area (Å²) in [6.45, 7) is 7.36. The molecule has 0 bridgehead atoms. The van der Waals surface area contributed by atoms with Gasteiger partial charge < -0.3 is 4.98 Å². The van der Waals surface area contributed by atoms with E-state index < -0.39 is 26.2 Å². The molecule has 0 spiro atoms. The van der Waals surface area contributed by atoms with E-state index in [0.717, 1.165) is 33.7 Å². The molecule has 0 radical (unpaired) electrons. The molecule has 0 aliphatic rings. The van der Waals surface area contributed by atoms with Crippen molar-refractivity contribution in [1.82, 2.24) is 19.3 Å². The number of H-pyrrole nitrogens is 1. The molecule has 9 nitrogen and oxygen atoms in total. The second-order valence-corrected chi connectivity index (χ2v) is 13.8. The molecule has 0 saturated carbocycles. The van der Waals surface area contributed by atoms with Gasteiger partial charge in [0.1, 0.15) is 11.3 Å². The molecule has 2 aromatic heterocycles. The molecule has 1 atom stereocenters. The molecule has 208 valence electrons. The van der Waals surface area contributed by atoms with Gasteiger partial charge in [-0.15, -0.1) is 0 Å². The normalized spacial score (nSPS) is 13.4. The number of aromatic nitrogens is 3. The number of aryl methyl sites for hydroxylation is 2. The van der Waals surface area contributed by atoms with Crippen LogP contribution in [0.3, 0.4) is 0 Å². The van der Waals surface area contributed by atoms with Gasteiger partial charge in [0, 0.05) is 25.7 Å². The van der Waals surface area contributed by atoms with E-state index in [-0.39, 0.29) is 22.3 Å². The lowest BCUT2D eigenvalue weighted by molar-refractivity contribution is 0.204. The van der Waals surface area contributed by atoms with Crippen LogP contribution < -0.4 is 0 Å². The molecule has 0 aliphatic carbocycles. The number of benzene rings is 2. The number of likely N-dealkylation sites (N-methyl/N-ethyl adjacent to an activating group) is 1. The maximum absolute atomic E-state index is 13.5. The van der Waals surface area contributed by atoms with Crippen molar-refractivity contribution in [3.63, 3.8) is 0 Å². The quantitative estimate of drug-likeness (QED) is 0.261. The fourth-order valence-electron chi connectivity index (χ4n) is 4.38. The Balaban J connectivity index is 1.51. The highest BCUT2D eigenvalue weighted by atomic mass is 32.2. The first-order valence-corrected chi connectivity index (χ1v) is 15.5. The fourth-order valence-corrected chi connectivity index (χ4v) is 6.68. The number of nitrogens with zero attached hydrogens (tertiary/aromatic N) is 3. The van der Waals surface area contributed by atoms with Crippen LogP contribution in [0.2, 0.25) is 0 Å². The Hall–Kier alpha value is -3.12. The lowest BCUT2D eigenvalue weighted by Gasteiger charge is -2.28. The maximum atomic E-state index is 13.5. The zero-order chi connectivity index (χ0) is 28.4. The molecule has 0 amide bonds. The Morgan fingerprint density at radius 1 is 0.923 bits per heavy atom. The van der Waals surface area contributed by atoms with Gasteiger partial charge >= 0.3 is 0 Å². The molecule has 39 heavy (non-hydrogen) atoms. The highest BCUT2D eigenvalue weighted by Gasteiger charge is 2.30. The molecular formula is C28H34N4O5S2. The third-order valence-electron chi connectivity index (χ3n) is 6.55. The summed E-state index contributed by atoms with van der Waals surface area (Å²) in [5, 5.41) is 0. The Labute approximate surface area is 230 Å². The van der Waals surface area contributed by atoms with Crippen molar-refractivity contribution in [3.05, 3.63) is 83.4 Å². The number of nitrogens with one attached hydrogen (secondary N) is 1. The van der Waals surface area contributed by atoms with Crippen LogP contribution in [0.25, 0.3) is 11.0 Å². The van der Waals surface area contributed by atoms with Gasteiger partial charge in [-0.1, -0.05) is 43.7 Å². The summed E-state index contributed by atoms with van der Waals surface area (Å²) >= 11 is 0. The van der Waals surface area contributed by atoms with Crippen molar-refractivity contribution < 1.29 is 21.0 Å². The van der Waals surface area contributed by atoms with Crippen molar-refractivity contribution in [2.24, 2.45) is 5.92 Å².